The van der Waals surface area contributed by atoms with Crippen LogP contribution in [0.3, 0.4) is 0 Å². The minimum atomic E-state index is -0.498. The number of rotatable bonds is 5. The molecule has 0 saturated carbocycles. The number of allylic oxidation sites excluding steroid dienone is 2. The number of hydrogen-bond acceptors (Lipinski definition) is 5. The second-order valence-corrected chi connectivity index (χ2v) is 14.5. The predicted octanol–water partition coefficient (Wildman–Crippen LogP) is 12.3. The molecule has 0 saturated heterocycles. The molecule has 0 radical (unpaired) electrons. The molecule has 0 amide bonds. The molecule has 2 unspecified atom stereocenters. The maximum absolute atomic E-state index is 6.51. The average molecular weight is 708 g/mol. The Balaban J connectivity index is 1.12. The lowest BCUT2D eigenvalue weighted by atomic mass is 9.70. The molecule has 1 aliphatic carbocycles. The molecule has 0 N–H and O–H groups in total. The topological polar surface area (TPSA) is 61.0 Å². The van der Waals surface area contributed by atoms with Crippen molar-refractivity contribution in [2.75, 3.05) is 0 Å². The Hall–Kier alpha value is -7.11. The van der Waals surface area contributed by atoms with Gasteiger partial charge in [-0.1, -0.05) is 133 Å². The van der Waals surface area contributed by atoms with E-state index in [4.69, 9.17) is 24.1 Å². The lowest BCUT2D eigenvalue weighted by Gasteiger charge is -2.33. The minimum absolute atomic E-state index is 0.186. The van der Waals surface area contributed by atoms with E-state index in [9.17, 15) is 0 Å². The molecule has 1 aliphatic heterocycles. The van der Waals surface area contributed by atoms with Gasteiger partial charge >= 0.3 is 0 Å². The van der Waals surface area contributed by atoms with Crippen LogP contribution >= 0.6 is 0 Å². The fourth-order valence-corrected chi connectivity index (χ4v) is 8.45. The Morgan fingerprint density at radius 3 is 2.15 bits per heavy atom. The summed E-state index contributed by atoms with van der Waals surface area (Å²) < 4.78 is 13.0. The molecule has 0 bridgehead atoms. The summed E-state index contributed by atoms with van der Waals surface area (Å²) in [5.41, 5.74) is 9.60. The summed E-state index contributed by atoms with van der Waals surface area (Å²) in [6, 6.07) is 54.8. The Morgan fingerprint density at radius 1 is 0.527 bits per heavy atom. The van der Waals surface area contributed by atoms with Gasteiger partial charge in [-0.05, 0) is 82.4 Å². The fourth-order valence-electron chi connectivity index (χ4n) is 8.45. The molecule has 2 aliphatic rings. The molecule has 5 nitrogen and oxygen atoms in total. The highest BCUT2D eigenvalue weighted by atomic mass is 16.5. The fraction of sp³-hybridized carbons (Fsp3) is 0.0600. The number of fused-ring (bicyclic) bond motifs is 7. The zero-order valence-electron chi connectivity index (χ0n) is 30.0. The van der Waals surface area contributed by atoms with Gasteiger partial charge in [-0.15, -0.1) is 0 Å². The first-order valence-electron chi connectivity index (χ1n) is 18.6. The molecule has 9 aromatic rings. The number of furan rings is 1. The maximum atomic E-state index is 6.51. The third kappa shape index (κ3) is 5.04. The molecule has 11 rings (SSSR count). The minimum Gasteiger partial charge on any atom is -0.485 e. The van der Waals surface area contributed by atoms with Crippen LogP contribution in [0, 0.1) is 0 Å². The average Bonchev–Trinajstić information content (AvgIpc) is 3.78. The molecule has 55 heavy (non-hydrogen) atoms. The summed E-state index contributed by atoms with van der Waals surface area (Å²) in [6.45, 7) is 2.23. The Labute approximate surface area is 317 Å². The van der Waals surface area contributed by atoms with E-state index in [-0.39, 0.29) is 6.10 Å². The van der Waals surface area contributed by atoms with E-state index in [1.165, 1.54) is 11.1 Å². The van der Waals surface area contributed by atoms with Gasteiger partial charge in [0.25, 0.3) is 0 Å². The normalized spacial score (nSPS) is 17.3. The van der Waals surface area contributed by atoms with Gasteiger partial charge in [-0.3, -0.25) is 0 Å². The van der Waals surface area contributed by atoms with E-state index < -0.39 is 5.41 Å². The van der Waals surface area contributed by atoms with E-state index in [1.54, 1.807) is 0 Å². The van der Waals surface area contributed by atoms with Gasteiger partial charge < -0.3 is 9.15 Å². The van der Waals surface area contributed by atoms with Crippen LogP contribution in [-0.4, -0.2) is 21.1 Å². The summed E-state index contributed by atoms with van der Waals surface area (Å²) in [6.07, 6.45) is 6.14. The van der Waals surface area contributed by atoms with Crippen LogP contribution in [0.2, 0.25) is 0 Å². The number of hydrogen-bond donors (Lipinski definition) is 0. The van der Waals surface area contributed by atoms with E-state index in [0.717, 1.165) is 71.9 Å². The van der Waals surface area contributed by atoms with Crippen molar-refractivity contribution in [2.24, 2.45) is 0 Å². The van der Waals surface area contributed by atoms with Gasteiger partial charge in [0.1, 0.15) is 23.0 Å². The molecule has 5 heteroatoms. The van der Waals surface area contributed by atoms with Crippen LogP contribution < -0.4 is 4.74 Å². The summed E-state index contributed by atoms with van der Waals surface area (Å²) >= 11 is 0. The molecular weight excluding hydrogens is 675 g/mol. The van der Waals surface area contributed by atoms with Crippen molar-refractivity contribution in [1.82, 2.24) is 15.0 Å². The van der Waals surface area contributed by atoms with Crippen molar-refractivity contribution in [2.45, 2.75) is 18.4 Å². The van der Waals surface area contributed by atoms with Crippen molar-refractivity contribution >= 4 is 38.3 Å². The van der Waals surface area contributed by atoms with Crippen molar-refractivity contribution < 1.29 is 9.15 Å². The van der Waals surface area contributed by atoms with Gasteiger partial charge in [0.2, 0.25) is 0 Å². The Kier molecular flexibility index (Phi) is 6.98. The second-order valence-electron chi connectivity index (χ2n) is 14.5. The third-order valence-corrected chi connectivity index (χ3v) is 11.3. The maximum Gasteiger partial charge on any atom is 0.164 e. The standard InChI is InChI=1S/C50H33N3O2/c1-50-40-19-7-8-21-43(40)55-45(50)23-11-20-41(50)49-52-47(37-25-24-32-14-5-6-15-33(32)29-37)51-48(53-49)38-18-10-22-44-46(38)39-30-36(26-27-42(39)54-44)35-17-9-16-34(28-35)31-12-3-2-4-13-31/h2-30,45H,1H3. The van der Waals surface area contributed by atoms with Gasteiger partial charge in [0.05, 0.1) is 5.41 Å². The number of benzene rings is 7. The number of aromatic nitrogens is 3. The van der Waals surface area contributed by atoms with Crippen molar-refractivity contribution in [3.05, 3.63) is 187 Å². The zero-order valence-corrected chi connectivity index (χ0v) is 30.0. The molecule has 3 heterocycles. The third-order valence-electron chi connectivity index (χ3n) is 11.3. The van der Waals surface area contributed by atoms with E-state index >= 15 is 0 Å². The quantitative estimate of drug-likeness (QED) is 0.178. The van der Waals surface area contributed by atoms with Gasteiger partial charge in [0.15, 0.2) is 17.5 Å². The number of para-hydroxylation sites is 1. The second kappa shape index (κ2) is 12.2. The molecule has 7 aromatic carbocycles. The molecule has 260 valence electrons. The Bertz CT molecular complexity index is 3050. The number of nitrogens with zero attached hydrogens (tertiary/aromatic N) is 3. The Morgan fingerprint density at radius 2 is 1.24 bits per heavy atom. The zero-order chi connectivity index (χ0) is 36.5. The monoisotopic (exact) mass is 707 g/mol. The predicted molar refractivity (Wildman–Crippen MR) is 222 cm³/mol. The van der Waals surface area contributed by atoms with E-state index in [2.05, 4.69) is 153 Å². The first kappa shape index (κ1) is 31.4. The van der Waals surface area contributed by atoms with Gasteiger partial charge in [-0.25, -0.2) is 15.0 Å². The van der Waals surface area contributed by atoms with Crippen LogP contribution in [0.25, 0.3) is 83.3 Å². The van der Waals surface area contributed by atoms with Crippen molar-refractivity contribution in [1.29, 1.82) is 0 Å². The summed E-state index contributed by atoms with van der Waals surface area (Å²) in [7, 11) is 0. The van der Waals surface area contributed by atoms with E-state index in [1.807, 2.05) is 30.3 Å². The molecule has 2 aromatic heterocycles. The summed E-state index contributed by atoms with van der Waals surface area (Å²) in [5.74, 6) is 2.70. The van der Waals surface area contributed by atoms with Crippen LogP contribution in [-0.2, 0) is 5.41 Å². The van der Waals surface area contributed by atoms with Gasteiger partial charge in [0, 0.05) is 33.0 Å². The highest BCUT2D eigenvalue weighted by molar-refractivity contribution is 6.13. The lowest BCUT2D eigenvalue weighted by Crippen LogP contribution is -2.37. The molecule has 2 atom stereocenters. The van der Waals surface area contributed by atoms with Crippen LogP contribution in [0.1, 0.15) is 18.3 Å². The molecular formula is C50H33N3O2. The first-order valence-corrected chi connectivity index (χ1v) is 18.6. The van der Waals surface area contributed by atoms with Crippen LogP contribution in [0.4, 0.5) is 0 Å². The van der Waals surface area contributed by atoms with Crippen molar-refractivity contribution in [3.63, 3.8) is 0 Å². The smallest absolute Gasteiger partial charge is 0.164 e. The first-order chi connectivity index (χ1) is 27.1. The lowest BCUT2D eigenvalue weighted by molar-refractivity contribution is 0.232. The SMILES string of the molecule is CC12C(c3nc(-c4ccc5ccccc5c4)nc(-c4cccc5oc6ccc(-c7cccc(-c8ccccc8)c7)cc6c45)n3)=CC=CC1Oc1ccccc12. The van der Waals surface area contributed by atoms with E-state index in [0.29, 0.717) is 17.5 Å². The highest BCUT2D eigenvalue weighted by Gasteiger charge is 2.49. The van der Waals surface area contributed by atoms with Gasteiger partial charge in [-0.2, -0.15) is 0 Å². The highest BCUT2D eigenvalue weighted by Crippen LogP contribution is 2.52. The number of ether oxygens (including phenoxy) is 1. The van der Waals surface area contributed by atoms with Crippen LogP contribution in [0.15, 0.2) is 180 Å². The summed E-state index contributed by atoms with van der Waals surface area (Å²) in [5, 5.41) is 4.26. The molecule has 0 fully saturated rings. The molecule has 0 spiro atoms. The summed E-state index contributed by atoms with van der Waals surface area (Å²) in [4.78, 5) is 15.8. The van der Waals surface area contributed by atoms with Crippen LogP contribution in [0.5, 0.6) is 5.75 Å². The van der Waals surface area contributed by atoms with Crippen molar-refractivity contribution in [3.8, 4) is 50.8 Å². The largest absolute Gasteiger partial charge is 0.485 e.